The summed E-state index contributed by atoms with van der Waals surface area (Å²) in [5.74, 6) is 3.85. The number of rotatable bonds is 6. The maximum Gasteiger partial charge on any atom is 0.161 e. The van der Waals surface area contributed by atoms with Gasteiger partial charge in [0, 0.05) is 32.1 Å². The van der Waals surface area contributed by atoms with Gasteiger partial charge in [-0.05, 0) is 61.2 Å². The maximum atomic E-state index is 5.93. The van der Waals surface area contributed by atoms with Crippen LogP contribution in [0, 0.1) is 0 Å². The molecule has 5 nitrogen and oxygen atoms in total. The average Bonchev–Trinajstić information content (AvgIpc) is 3.20. The topological polar surface area (TPSA) is 38.1 Å². The number of likely N-dealkylation sites (tertiary alicyclic amines) is 1. The number of ether oxygens (including phenoxy) is 2. The van der Waals surface area contributed by atoms with E-state index < -0.39 is 0 Å². The first-order chi connectivity index (χ1) is 13.7. The molecule has 1 atom stereocenters. The molecule has 0 aliphatic carbocycles. The zero-order chi connectivity index (χ0) is 19.5. The number of methoxy groups -OCH3 is 2. The van der Waals surface area contributed by atoms with E-state index in [1.165, 1.54) is 24.0 Å². The van der Waals surface area contributed by atoms with E-state index in [1.807, 2.05) is 0 Å². The number of hydrogen-bond acceptors (Lipinski definition) is 5. The van der Waals surface area contributed by atoms with Gasteiger partial charge >= 0.3 is 0 Å². The maximum absolute atomic E-state index is 5.93. The normalized spacial score (nSPS) is 20.8. The Bertz CT molecular complexity index is 801. The van der Waals surface area contributed by atoms with Crippen LogP contribution in [0.1, 0.15) is 42.4 Å². The fraction of sp³-hybridized carbons (Fsp3) is 0.565. The highest BCUT2D eigenvalue weighted by Gasteiger charge is 2.29. The number of benzene rings is 1. The van der Waals surface area contributed by atoms with E-state index in [1.54, 1.807) is 14.2 Å². The Hall–Kier alpha value is -1.98. The van der Waals surface area contributed by atoms with Crippen LogP contribution in [-0.4, -0.2) is 49.7 Å². The lowest BCUT2D eigenvalue weighted by Crippen LogP contribution is -2.49. The number of hydrogen-bond donors (Lipinski definition) is 0. The summed E-state index contributed by atoms with van der Waals surface area (Å²) < 4.78 is 16.9. The van der Waals surface area contributed by atoms with Gasteiger partial charge in [-0.3, -0.25) is 9.80 Å². The van der Waals surface area contributed by atoms with Crippen LogP contribution in [0.5, 0.6) is 11.5 Å². The molecule has 0 saturated carbocycles. The number of fused-ring (bicyclic) bond motifs is 1. The molecule has 5 heteroatoms. The van der Waals surface area contributed by atoms with E-state index in [0.29, 0.717) is 6.04 Å². The predicted octanol–water partition coefficient (Wildman–Crippen LogP) is 3.88. The molecule has 1 unspecified atom stereocenters. The summed E-state index contributed by atoms with van der Waals surface area (Å²) in [5.41, 5.74) is 2.77. The molecule has 0 N–H and O–H groups in total. The summed E-state index contributed by atoms with van der Waals surface area (Å²) >= 11 is 0. The van der Waals surface area contributed by atoms with Crippen LogP contribution in [0.25, 0.3) is 0 Å². The van der Waals surface area contributed by atoms with E-state index in [2.05, 4.69) is 41.0 Å². The highest BCUT2D eigenvalue weighted by molar-refractivity contribution is 5.48. The molecule has 2 aliphatic heterocycles. The van der Waals surface area contributed by atoms with Crippen molar-refractivity contribution in [1.82, 2.24) is 9.80 Å². The van der Waals surface area contributed by atoms with Crippen molar-refractivity contribution in [3.05, 3.63) is 46.9 Å². The summed E-state index contributed by atoms with van der Waals surface area (Å²) in [6.45, 7) is 7.44. The van der Waals surface area contributed by atoms with Crippen LogP contribution in [0.3, 0.4) is 0 Å². The van der Waals surface area contributed by atoms with Gasteiger partial charge in [-0.15, -0.1) is 0 Å². The monoisotopic (exact) mass is 384 g/mol. The summed E-state index contributed by atoms with van der Waals surface area (Å²) in [6.07, 6.45) is 4.56. The van der Waals surface area contributed by atoms with E-state index in [0.717, 1.165) is 68.6 Å². The van der Waals surface area contributed by atoms with Crippen LogP contribution < -0.4 is 9.47 Å². The lowest BCUT2D eigenvalue weighted by Gasteiger charge is -2.41. The Morgan fingerprint density at radius 1 is 1.04 bits per heavy atom. The molecular weight excluding hydrogens is 352 g/mol. The molecular formula is C23H32N2O3. The Labute approximate surface area is 168 Å². The van der Waals surface area contributed by atoms with E-state index in [4.69, 9.17) is 13.9 Å². The molecule has 0 amide bonds. The fourth-order valence-corrected chi connectivity index (χ4v) is 4.61. The van der Waals surface area contributed by atoms with Crippen LogP contribution in [0.2, 0.25) is 0 Å². The van der Waals surface area contributed by atoms with Crippen molar-refractivity contribution in [3.63, 3.8) is 0 Å². The standard InChI is InChI=1S/C23H32N2O3/c1-4-20-7-8-21(28-20)16-24-10-5-6-19(15-24)25-11-9-17-12-22(26-2)23(27-3)13-18(17)14-25/h7-8,12-13,19H,4-6,9-11,14-16H2,1-3H3. The Balaban J connectivity index is 1.42. The van der Waals surface area contributed by atoms with Gasteiger partial charge in [0.05, 0.1) is 20.8 Å². The van der Waals surface area contributed by atoms with E-state index >= 15 is 0 Å². The van der Waals surface area contributed by atoms with Gasteiger partial charge in [0.25, 0.3) is 0 Å². The molecule has 0 radical (unpaired) electrons. The van der Waals surface area contributed by atoms with Crippen molar-refractivity contribution in [3.8, 4) is 11.5 Å². The molecule has 1 aromatic heterocycles. The van der Waals surface area contributed by atoms with Gasteiger partial charge in [-0.1, -0.05) is 6.92 Å². The Kier molecular flexibility index (Phi) is 5.93. The number of furan rings is 1. The first-order valence-corrected chi connectivity index (χ1v) is 10.5. The van der Waals surface area contributed by atoms with Gasteiger partial charge in [-0.25, -0.2) is 0 Å². The first kappa shape index (κ1) is 19.3. The number of nitrogens with zero attached hydrogens (tertiary/aromatic N) is 2. The van der Waals surface area contributed by atoms with E-state index in [-0.39, 0.29) is 0 Å². The molecule has 4 rings (SSSR count). The van der Waals surface area contributed by atoms with Crippen LogP contribution in [0.4, 0.5) is 0 Å². The molecule has 28 heavy (non-hydrogen) atoms. The second-order valence-corrected chi connectivity index (χ2v) is 7.95. The minimum Gasteiger partial charge on any atom is -0.493 e. The second-order valence-electron chi connectivity index (χ2n) is 7.95. The highest BCUT2D eigenvalue weighted by Crippen LogP contribution is 2.34. The number of piperidine rings is 1. The lowest BCUT2D eigenvalue weighted by atomic mass is 9.95. The fourth-order valence-electron chi connectivity index (χ4n) is 4.61. The quantitative estimate of drug-likeness (QED) is 0.756. The van der Waals surface area contributed by atoms with Gasteiger partial charge in [0.15, 0.2) is 11.5 Å². The van der Waals surface area contributed by atoms with Crippen molar-refractivity contribution < 1.29 is 13.9 Å². The van der Waals surface area contributed by atoms with Gasteiger partial charge in [0.2, 0.25) is 0 Å². The molecule has 1 aromatic carbocycles. The molecule has 152 valence electrons. The zero-order valence-corrected chi connectivity index (χ0v) is 17.4. The average molecular weight is 385 g/mol. The smallest absolute Gasteiger partial charge is 0.161 e. The summed E-state index contributed by atoms with van der Waals surface area (Å²) in [4.78, 5) is 5.20. The number of aryl methyl sites for hydroxylation is 1. The molecule has 2 aliphatic rings. The third-order valence-corrected chi connectivity index (χ3v) is 6.19. The van der Waals surface area contributed by atoms with Gasteiger partial charge in [-0.2, -0.15) is 0 Å². The van der Waals surface area contributed by atoms with Gasteiger partial charge < -0.3 is 13.9 Å². The van der Waals surface area contributed by atoms with Crippen LogP contribution in [0.15, 0.2) is 28.7 Å². The molecule has 0 spiro atoms. The molecule has 0 bridgehead atoms. The minimum absolute atomic E-state index is 0.607. The zero-order valence-electron chi connectivity index (χ0n) is 17.4. The predicted molar refractivity (Wildman–Crippen MR) is 110 cm³/mol. The van der Waals surface area contributed by atoms with Crippen molar-refractivity contribution in [2.24, 2.45) is 0 Å². The summed E-state index contributed by atoms with van der Waals surface area (Å²) in [6, 6.07) is 9.17. The summed E-state index contributed by atoms with van der Waals surface area (Å²) in [5, 5.41) is 0. The molecule has 1 saturated heterocycles. The third kappa shape index (κ3) is 4.06. The van der Waals surface area contributed by atoms with E-state index in [9.17, 15) is 0 Å². The second kappa shape index (κ2) is 8.58. The van der Waals surface area contributed by atoms with Gasteiger partial charge in [0.1, 0.15) is 11.5 Å². The van der Waals surface area contributed by atoms with Crippen LogP contribution >= 0.6 is 0 Å². The Morgan fingerprint density at radius 2 is 1.79 bits per heavy atom. The van der Waals surface area contributed by atoms with Crippen molar-refractivity contribution >= 4 is 0 Å². The van der Waals surface area contributed by atoms with Crippen LogP contribution in [-0.2, 0) is 25.9 Å². The SMILES string of the molecule is CCc1ccc(CN2CCCC(N3CCc4cc(OC)c(OC)cc4C3)C2)o1. The van der Waals surface area contributed by atoms with Crippen molar-refractivity contribution in [1.29, 1.82) is 0 Å². The molecule has 2 aromatic rings. The third-order valence-electron chi connectivity index (χ3n) is 6.19. The lowest BCUT2D eigenvalue weighted by molar-refractivity contribution is 0.0799. The molecule has 3 heterocycles. The largest absolute Gasteiger partial charge is 0.493 e. The summed E-state index contributed by atoms with van der Waals surface area (Å²) in [7, 11) is 3.42. The van der Waals surface area contributed by atoms with Crippen molar-refractivity contribution in [2.75, 3.05) is 33.9 Å². The Morgan fingerprint density at radius 3 is 2.50 bits per heavy atom. The van der Waals surface area contributed by atoms with Crippen molar-refractivity contribution in [2.45, 2.75) is 51.7 Å². The first-order valence-electron chi connectivity index (χ1n) is 10.5. The minimum atomic E-state index is 0.607. The molecule has 1 fully saturated rings. The highest BCUT2D eigenvalue weighted by atomic mass is 16.5.